The van der Waals surface area contributed by atoms with Gasteiger partial charge < -0.3 is 4.98 Å². The van der Waals surface area contributed by atoms with Gasteiger partial charge in [-0.15, -0.1) is 11.3 Å². The van der Waals surface area contributed by atoms with Crippen LogP contribution in [-0.4, -0.2) is 9.97 Å². The first-order chi connectivity index (χ1) is 6.88. The summed E-state index contributed by atoms with van der Waals surface area (Å²) in [5.74, 6) is 0.748. The number of rotatable bonds is 0. The van der Waals surface area contributed by atoms with Gasteiger partial charge in [-0.2, -0.15) is 0 Å². The first-order valence-electron chi connectivity index (χ1n) is 4.89. The molecular formula is C11H14N2OS. The lowest BCUT2D eigenvalue weighted by Gasteiger charge is -2.16. The van der Waals surface area contributed by atoms with Gasteiger partial charge in [0.05, 0.1) is 5.52 Å². The Balaban J connectivity index is 2.78. The van der Waals surface area contributed by atoms with Gasteiger partial charge in [0.1, 0.15) is 10.5 Å². The molecule has 0 saturated carbocycles. The molecule has 0 aromatic carbocycles. The normalized spacial score (nSPS) is 12.3. The highest BCUT2D eigenvalue weighted by molar-refractivity contribution is 7.18. The summed E-state index contributed by atoms with van der Waals surface area (Å²) >= 11 is 1.49. The minimum atomic E-state index is -0.122. The van der Waals surface area contributed by atoms with Crippen molar-refractivity contribution in [1.29, 1.82) is 0 Å². The molecule has 2 aromatic heterocycles. The number of nitrogens with zero attached hydrogens (tertiary/aromatic N) is 1. The summed E-state index contributed by atoms with van der Waals surface area (Å²) in [6.45, 7) is 8.10. The van der Waals surface area contributed by atoms with Gasteiger partial charge in [0.25, 0.3) is 5.56 Å². The average molecular weight is 222 g/mol. The Bertz CT molecular complexity index is 560. The van der Waals surface area contributed by atoms with Crippen molar-refractivity contribution < 1.29 is 0 Å². The second-order valence-electron chi connectivity index (χ2n) is 4.74. The zero-order valence-corrected chi connectivity index (χ0v) is 10.2. The van der Waals surface area contributed by atoms with Crippen molar-refractivity contribution in [3.8, 4) is 0 Å². The van der Waals surface area contributed by atoms with Crippen molar-refractivity contribution in [2.45, 2.75) is 33.1 Å². The highest BCUT2D eigenvalue weighted by atomic mass is 32.1. The van der Waals surface area contributed by atoms with Crippen molar-refractivity contribution in [1.82, 2.24) is 9.97 Å². The molecule has 0 fully saturated rings. The van der Waals surface area contributed by atoms with E-state index in [4.69, 9.17) is 0 Å². The number of thiophene rings is 1. The van der Waals surface area contributed by atoms with E-state index >= 15 is 0 Å². The number of hydrogen-bond donors (Lipinski definition) is 1. The molecule has 0 atom stereocenters. The quantitative estimate of drug-likeness (QED) is 0.744. The second kappa shape index (κ2) is 3.17. The zero-order valence-electron chi connectivity index (χ0n) is 9.34. The number of aryl methyl sites for hydroxylation is 1. The van der Waals surface area contributed by atoms with E-state index in [9.17, 15) is 4.79 Å². The van der Waals surface area contributed by atoms with Crippen LogP contribution in [0.3, 0.4) is 0 Å². The Kier molecular flexibility index (Phi) is 2.19. The van der Waals surface area contributed by atoms with E-state index in [2.05, 4.69) is 9.97 Å². The lowest BCUT2D eigenvalue weighted by molar-refractivity contribution is 0.546. The van der Waals surface area contributed by atoms with Crippen LogP contribution in [0, 0.1) is 6.92 Å². The van der Waals surface area contributed by atoms with Crippen LogP contribution in [0.25, 0.3) is 10.2 Å². The monoisotopic (exact) mass is 222 g/mol. The van der Waals surface area contributed by atoms with E-state index < -0.39 is 0 Å². The number of nitrogens with one attached hydrogen (secondary N) is 1. The summed E-state index contributed by atoms with van der Waals surface area (Å²) in [6, 6.07) is 1.96. The van der Waals surface area contributed by atoms with Crippen molar-refractivity contribution in [2.24, 2.45) is 0 Å². The molecule has 0 unspecified atom stereocenters. The van der Waals surface area contributed by atoms with Crippen molar-refractivity contribution in [3.05, 3.63) is 27.1 Å². The van der Waals surface area contributed by atoms with Gasteiger partial charge in [0, 0.05) is 10.3 Å². The molecule has 80 valence electrons. The van der Waals surface area contributed by atoms with Gasteiger partial charge in [-0.05, 0) is 13.0 Å². The van der Waals surface area contributed by atoms with Crippen LogP contribution in [0.2, 0.25) is 0 Å². The van der Waals surface area contributed by atoms with Gasteiger partial charge in [0.15, 0.2) is 0 Å². The highest BCUT2D eigenvalue weighted by Gasteiger charge is 2.18. The summed E-state index contributed by atoms with van der Waals surface area (Å²) < 4.78 is 0.723. The fourth-order valence-electron chi connectivity index (χ4n) is 1.41. The summed E-state index contributed by atoms with van der Waals surface area (Å²) in [6.07, 6.45) is 0. The Morgan fingerprint density at radius 3 is 2.67 bits per heavy atom. The summed E-state index contributed by atoms with van der Waals surface area (Å²) in [7, 11) is 0. The average Bonchev–Trinajstić information content (AvgIpc) is 2.44. The van der Waals surface area contributed by atoms with E-state index in [-0.39, 0.29) is 11.0 Å². The van der Waals surface area contributed by atoms with E-state index in [0.29, 0.717) is 0 Å². The number of hydrogen-bond acceptors (Lipinski definition) is 3. The Morgan fingerprint density at radius 2 is 2.07 bits per heavy atom. The topological polar surface area (TPSA) is 45.8 Å². The first kappa shape index (κ1) is 10.4. The van der Waals surface area contributed by atoms with Crippen molar-refractivity contribution in [3.63, 3.8) is 0 Å². The minimum Gasteiger partial charge on any atom is -0.309 e. The molecule has 2 aromatic rings. The molecule has 0 radical (unpaired) electrons. The maximum atomic E-state index is 11.8. The van der Waals surface area contributed by atoms with Gasteiger partial charge in [-0.3, -0.25) is 4.79 Å². The molecule has 0 bridgehead atoms. The lowest BCUT2D eigenvalue weighted by atomic mass is 9.96. The van der Waals surface area contributed by atoms with E-state index in [1.807, 2.05) is 33.8 Å². The lowest BCUT2D eigenvalue weighted by Crippen LogP contribution is -2.21. The van der Waals surface area contributed by atoms with Crippen LogP contribution in [0.15, 0.2) is 10.9 Å². The van der Waals surface area contributed by atoms with Crippen LogP contribution in [0.4, 0.5) is 0 Å². The zero-order chi connectivity index (χ0) is 11.2. The summed E-state index contributed by atoms with van der Waals surface area (Å²) in [5, 5.41) is 0. The Labute approximate surface area is 92.2 Å². The molecule has 0 aliphatic carbocycles. The third-order valence-electron chi connectivity index (χ3n) is 2.22. The molecule has 0 saturated heterocycles. The van der Waals surface area contributed by atoms with Crippen LogP contribution in [0.1, 0.15) is 31.5 Å². The Morgan fingerprint density at radius 1 is 1.40 bits per heavy atom. The number of aromatic nitrogens is 2. The van der Waals surface area contributed by atoms with Crippen molar-refractivity contribution in [2.75, 3.05) is 0 Å². The van der Waals surface area contributed by atoms with E-state index in [1.54, 1.807) is 0 Å². The van der Waals surface area contributed by atoms with Crippen LogP contribution >= 0.6 is 11.3 Å². The summed E-state index contributed by atoms with van der Waals surface area (Å²) in [4.78, 5) is 20.2. The van der Waals surface area contributed by atoms with Gasteiger partial charge in [-0.25, -0.2) is 4.98 Å². The fourth-order valence-corrected chi connectivity index (χ4v) is 2.26. The van der Waals surface area contributed by atoms with Gasteiger partial charge >= 0.3 is 0 Å². The SMILES string of the molecule is Cc1cc2nc(C(C)(C)C)[nH]c(=O)c2s1. The molecule has 0 spiro atoms. The maximum absolute atomic E-state index is 11.8. The van der Waals surface area contributed by atoms with Crippen LogP contribution in [0.5, 0.6) is 0 Å². The van der Waals surface area contributed by atoms with E-state index in [0.717, 1.165) is 20.9 Å². The predicted octanol–water partition coefficient (Wildman–Crippen LogP) is 2.59. The third kappa shape index (κ3) is 1.81. The molecule has 0 aliphatic heterocycles. The van der Waals surface area contributed by atoms with Gasteiger partial charge in [0.2, 0.25) is 0 Å². The number of fused-ring (bicyclic) bond motifs is 1. The molecule has 1 N–H and O–H groups in total. The number of H-pyrrole nitrogens is 1. The predicted molar refractivity (Wildman–Crippen MR) is 63.7 cm³/mol. The Hall–Kier alpha value is -1.16. The van der Waals surface area contributed by atoms with E-state index in [1.165, 1.54) is 11.3 Å². The maximum Gasteiger partial charge on any atom is 0.268 e. The summed E-state index contributed by atoms with van der Waals surface area (Å²) in [5.41, 5.74) is 0.664. The van der Waals surface area contributed by atoms with Gasteiger partial charge in [-0.1, -0.05) is 20.8 Å². The molecule has 0 aliphatic rings. The molecule has 2 heterocycles. The fraction of sp³-hybridized carbons (Fsp3) is 0.455. The largest absolute Gasteiger partial charge is 0.309 e. The smallest absolute Gasteiger partial charge is 0.268 e. The standard InChI is InChI=1S/C11H14N2OS/c1-6-5-7-8(15-6)9(14)13-10(12-7)11(2,3)4/h5H,1-4H3,(H,12,13,14). The third-order valence-corrected chi connectivity index (χ3v) is 3.25. The molecular weight excluding hydrogens is 208 g/mol. The van der Waals surface area contributed by atoms with Crippen LogP contribution < -0.4 is 5.56 Å². The minimum absolute atomic E-state index is 0.0250. The number of aromatic amines is 1. The molecule has 15 heavy (non-hydrogen) atoms. The van der Waals surface area contributed by atoms with Crippen LogP contribution in [-0.2, 0) is 5.41 Å². The highest BCUT2D eigenvalue weighted by Crippen LogP contribution is 2.23. The molecule has 0 amide bonds. The molecule has 3 nitrogen and oxygen atoms in total. The molecule has 2 rings (SSSR count). The first-order valence-corrected chi connectivity index (χ1v) is 5.70. The van der Waals surface area contributed by atoms with Crippen molar-refractivity contribution >= 4 is 21.6 Å². The second-order valence-corrected chi connectivity index (χ2v) is 5.99. The molecule has 4 heteroatoms.